The number of carbonyl (C=O) groups excluding carboxylic acids is 2. The summed E-state index contributed by atoms with van der Waals surface area (Å²) in [7, 11) is 0. The highest BCUT2D eigenvalue weighted by Gasteiger charge is 2.27. The van der Waals surface area contributed by atoms with E-state index < -0.39 is 17.8 Å². The number of amides is 2. The fourth-order valence-electron chi connectivity index (χ4n) is 2.73. The fraction of sp³-hybridized carbons (Fsp3) is 0.364. The van der Waals surface area contributed by atoms with Crippen LogP contribution in [0, 0.1) is 5.82 Å². The first kappa shape index (κ1) is 24.0. The lowest BCUT2D eigenvalue weighted by atomic mass is 10.1. The van der Waals surface area contributed by atoms with Gasteiger partial charge in [0.1, 0.15) is 17.6 Å². The van der Waals surface area contributed by atoms with Crippen molar-refractivity contribution < 1.29 is 18.7 Å². The van der Waals surface area contributed by atoms with Gasteiger partial charge in [0.2, 0.25) is 5.91 Å². The third-order valence-electron chi connectivity index (χ3n) is 4.56. The number of rotatable bonds is 10. The summed E-state index contributed by atoms with van der Waals surface area (Å²) in [6.07, 6.45) is 1.79. The van der Waals surface area contributed by atoms with Gasteiger partial charge in [-0.05, 0) is 49.7 Å². The number of unbranched alkanes of at least 4 members (excludes halogenated alkanes) is 1. The van der Waals surface area contributed by atoms with E-state index in [1.165, 1.54) is 29.2 Å². The summed E-state index contributed by atoms with van der Waals surface area (Å²) in [6, 6.07) is 9.63. The predicted octanol–water partition coefficient (Wildman–Crippen LogP) is 4.84. The van der Waals surface area contributed by atoms with Gasteiger partial charge in [-0.1, -0.05) is 42.6 Å². The Morgan fingerprint density at radius 3 is 2.37 bits per heavy atom. The fourth-order valence-corrected chi connectivity index (χ4v) is 3.25. The maximum Gasteiger partial charge on any atom is 0.261 e. The number of nitrogens with one attached hydrogen (secondary N) is 1. The Kier molecular flexibility index (Phi) is 9.40. The summed E-state index contributed by atoms with van der Waals surface area (Å²) in [6.45, 7) is 3.92. The average molecular weight is 455 g/mol. The topological polar surface area (TPSA) is 58.6 Å². The van der Waals surface area contributed by atoms with Crippen LogP contribution in [0.2, 0.25) is 10.0 Å². The van der Waals surface area contributed by atoms with Crippen LogP contribution in [0.15, 0.2) is 42.5 Å². The van der Waals surface area contributed by atoms with E-state index in [1.807, 2.05) is 6.92 Å². The minimum absolute atomic E-state index is 0.0481. The quantitative estimate of drug-likeness (QED) is 0.522. The highest BCUT2D eigenvalue weighted by molar-refractivity contribution is 6.36. The number of carbonyl (C=O) groups is 2. The zero-order valence-corrected chi connectivity index (χ0v) is 18.5. The standard InChI is InChI=1S/C22H25Cl2FN2O3/c1-3-4-12-26-22(29)15(2)27(13-18-19(23)6-5-7-20(18)24)21(28)14-30-17-10-8-16(25)9-11-17/h5-11,15H,3-4,12-14H2,1-2H3,(H,26,29)/t15-/m1/s1. The Morgan fingerprint density at radius 2 is 1.77 bits per heavy atom. The van der Waals surface area contributed by atoms with Crippen molar-refractivity contribution in [3.8, 4) is 5.75 Å². The molecular formula is C22H25Cl2FN2O3. The molecule has 0 unspecified atom stereocenters. The van der Waals surface area contributed by atoms with Crippen molar-refractivity contribution in [3.63, 3.8) is 0 Å². The molecule has 1 N–H and O–H groups in total. The van der Waals surface area contributed by atoms with Crippen LogP contribution < -0.4 is 10.1 Å². The van der Waals surface area contributed by atoms with E-state index in [2.05, 4.69) is 5.32 Å². The number of benzene rings is 2. The van der Waals surface area contributed by atoms with Crippen molar-refractivity contribution in [3.05, 3.63) is 63.9 Å². The van der Waals surface area contributed by atoms with Gasteiger partial charge in [-0.2, -0.15) is 0 Å². The van der Waals surface area contributed by atoms with Gasteiger partial charge in [-0.25, -0.2) is 4.39 Å². The zero-order chi connectivity index (χ0) is 22.1. The first-order chi connectivity index (χ1) is 14.3. The largest absolute Gasteiger partial charge is 0.484 e. The van der Waals surface area contributed by atoms with Crippen molar-refractivity contribution in [2.75, 3.05) is 13.2 Å². The second kappa shape index (κ2) is 11.8. The second-order valence-corrected chi connectivity index (χ2v) is 7.60. The van der Waals surface area contributed by atoms with Gasteiger partial charge in [-0.3, -0.25) is 9.59 Å². The van der Waals surface area contributed by atoms with E-state index >= 15 is 0 Å². The summed E-state index contributed by atoms with van der Waals surface area (Å²) in [5, 5.41) is 3.63. The third-order valence-corrected chi connectivity index (χ3v) is 5.27. The average Bonchev–Trinajstić information content (AvgIpc) is 2.72. The molecule has 5 nitrogen and oxygen atoms in total. The molecular weight excluding hydrogens is 430 g/mol. The van der Waals surface area contributed by atoms with Gasteiger partial charge in [0.15, 0.2) is 6.61 Å². The van der Waals surface area contributed by atoms with Crippen molar-refractivity contribution in [2.45, 2.75) is 39.3 Å². The van der Waals surface area contributed by atoms with Gasteiger partial charge in [-0.15, -0.1) is 0 Å². The molecule has 0 fully saturated rings. The van der Waals surface area contributed by atoms with Crippen molar-refractivity contribution in [1.29, 1.82) is 0 Å². The molecule has 2 rings (SSSR count). The molecule has 0 aliphatic heterocycles. The Morgan fingerprint density at radius 1 is 1.13 bits per heavy atom. The summed E-state index contributed by atoms with van der Waals surface area (Å²) >= 11 is 12.5. The molecule has 0 heterocycles. The Balaban J connectivity index is 2.17. The summed E-state index contributed by atoms with van der Waals surface area (Å²) in [5.41, 5.74) is 0.546. The molecule has 2 aromatic carbocycles. The molecule has 162 valence electrons. The van der Waals surface area contributed by atoms with E-state index in [1.54, 1.807) is 25.1 Å². The maximum absolute atomic E-state index is 13.1. The molecule has 2 amide bonds. The van der Waals surface area contributed by atoms with Crippen molar-refractivity contribution in [1.82, 2.24) is 10.2 Å². The molecule has 0 aromatic heterocycles. The molecule has 0 saturated carbocycles. The Labute approximate surface area is 186 Å². The van der Waals surface area contributed by atoms with Gasteiger partial charge in [0, 0.05) is 28.7 Å². The molecule has 0 aliphatic rings. The van der Waals surface area contributed by atoms with Gasteiger partial charge >= 0.3 is 0 Å². The van der Waals surface area contributed by atoms with Crippen molar-refractivity contribution >= 4 is 35.0 Å². The lowest BCUT2D eigenvalue weighted by Crippen LogP contribution is -2.49. The molecule has 0 spiro atoms. The lowest BCUT2D eigenvalue weighted by Gasteiger charge is -2.29. The zero-order valence-electron chi connectivity index (χ0n) is 17.0. The number of halogens is 3. The Hall–Kier alpha value is -2.31. The lowest BCUT2D eigenvalue weighted by molar-refractivity contribution is -0.142. The van der Waals surface area contributed by atoms with Crippen LogP contribution in [0.3, 0.4) is 0 Å². The molecule has 0 aliphatic carbocycles. The SMILES string of the molecule is CCCCNC(=O)[C@@H](C)N(Cc1c(Cl)cccc1Cl)C(=O)COc1ccc(F)cc1. The van der Waals surface area contributed by atoms with Crippen LogP contribution in [0.25, 0.3) is 0 Å². The van der Waals surface area contributed by atoms with Crippen LogP contribution in [0.1, 0.15) is 32.3 Å². The molecule has 30 heavy (non-hydrogen) atoms. The Bertz CT molecular complexity index is 842. The molecule has 8 heteroatoms. The normalized spacial score (nSPS) is 11.6. The van der Waals surface area contributed by atoms with E-state index in [4.69, 9.17) is 27.9 Å². The minimum Gasteiger partial charge on any atom is -0.484 e. The van der Waals surface area contributed by atoms with Crippen LogP contribution >= 0.6 is 23.2 Å². The third kappa shape index (κ3) is 6.89. The first-order valence-corrected chi connectivity index (χ1v) is 10.5. The predicted molar refractivity (Wildman–Crippen MR) is 116 cm³/mol. The summed E-state index contributed by atoms with van der Waals surface area (Å²) in [4.78, 5) is 26.9. The molecule has 1 atom stereocenters. The van der Waals surface area contributed by atoms with Gasteiger partial charge in [0.25, 0.3) is 5.91 Å². The van der Waals surface area contributed by atoms with Crippen molar-refractivity contribution in [2.24, 2.45) is 0 Å². The first-order valence-electron chi connectivity index (χ1n) is 9.72. The molecule has 0 radical (unpaired) electrons. The maximum atomic E-state index is 13.1. The number of hydrogen-bond donors (Lipinski definition) is 1. The monoisotopic (exact) mass is 454 g/mol. The highest BCUT2D eigenvalue weighted by Crippen LogP contribution is 2.26. The van der Waals surface area contributed by atoms with E-state index in [-0.39, 0.29) is 19.1 Å². The van der Waals surface area contributed by atoms with Gasteiger partial charge in [0.05, 0.1) is 0 Å². The van der Waals surface area contributed by atoms with E-state index in [0.717, 1.165) is 12.8 Å². The molecule has 2 aromatic rings. The molecule has 0 saturated heterocycles. The van der Waals surface area contributed by atoms with E-state index in [0.29, 0.717) is 27.9 Å². The van der Waals surface area contributed by atoms with E-state index in [9.17, 15) is 14.0 Å². The van der Waals surface area contributed by atoms with Crippen LogP contribution in [-0.4, -0.2) is 35.9 Å². The number of hydrogen-bond acceptors (Lipinski definition) is 3. The van der Waals surface area contributed by atoms with Crippen LogP contribution in [-0.2, 0) is 16.1 Å². The van der Waals surface area contributed by atoms with Crippen LogP contribution in [0.4, 0.5) is 4.39 Å². The summed E-state index contributed by atoms with van der Waals surface area (Å²) in [5.74, 6) is -0.753. The number of nitrogens with zero attached hydrogens (tertiary/aromatic N) is 1. The highest BCUT2D eigenvalue weighted by atomic mass is 35.5. The number of ether oxygens (including phenoxy) is 1. The summed E-state index contributed by atoms with van der Waals surface area (Å²) < 4.78 is 18.5. The minimum atomic E-state index is -0.765. The van der Waals surface area contributed by atoms with Gasteiger partial charge < -0.3 is 15.0 Å². The van der Waals surface area contributed by atoms with Crippen LogP contribution in [0.5, 0.6) is 5.75 Å². The second-order valence-electron chi connectivity index (χ2n) is 6.79. The smallest absolute Gasteiger partial charge is 0.261 e. The molecule has 0 bridgehead atoms.